The maximum Gasteiger partial charge on any atom is 0.269 e. The molecule has 76 valence electrons. The molecule has 0 spiro atoms. The molecular weight excluding hydrogens is 184 g/mol. The standard InChI is InChI=1S/C9H12N2O3/c12-6-7(13)5-11-9(14)8-3-1-2-4-10-8/h1-4,7,12-13H,5-6H2,(H,11,14)/t7-/m1/s1. The Morgan fingerprint density at radius 2 is 2.36 bits per heavy atom. The number of hydrogen-bond donors (Lipinski definition) is 3. The third kappa shape index (κ3) is 3.12. The predicted octanol–water partition coefficient (Wildman–Crippen LogP) is -0.835. The summed E-state index contributed by atoms with van der Waals surface area (Å²) in [7, 11) is 0. The summed E-state index contributed by atoms with van der Waals surface area (Å²) >= 11 is 0. The fourth-order valence-electron chi connectivity index (χ4n) is 0.863. The highest BCUT2D eigenvalue weighted by atomic mass is 16.3. The van der Waals surface area contributed by atoms with E-state index < -0.39 is 6.10 Å². The van der Waals surface area contributed by atoms with E-state index in [0.717, 1.165) is 0 Å². The molecule has 0 aliphatic carbocycles. The summed E-state index contributed by atoms with van der Waals surface area (Å²) in [5.74, 6) is -0.363. The number of pyridine rings is 1. The Hall–Kier alpha value is -1.46. The molecule has 0 saturated carbocycles. The monoisotopic (exact) mass is 196 g/mol. The first-order valence-electron chi connectivity index (χ1n) is 4.22. The lowest BCUT2D eigenvalue weighted by molar-refractivity contribution is 0.0799. The topological polar surface area (TPSA) is 82.5 Å². The van der Waals surface area contributed by atoms with Gasteiger partial charge in [0.25, 0.3) is 5.91 Å². The van der Waals surface area contributed by atoms with Crippen molar-refractivity contribution in [3.63, 3.8) is 0 Å². The van der Waals surface area contributed by atoms with Gasteiger partial charge in [0.05, 0.1) is 12.7 Å². The zero-order chi connectivity index (χ0) is 10.4. The quantitative estimate of drug-likeness (QED) is 0.586. The van der Waals surface area contributed by atoms with E-state index in [2.05, 4.69) is 10.3 Å². The maximum absolute atomic E-state index is 11.3. The number of carbonyl (C=O) groups is 1. The number of aliphatic hydroxyl groups excluding tert-OH is 2. The molecular formula is C9H12N2O3. The minimum absolute atomic E-state index is 0.0197. The smallest absolute Gasteiger partial charge is 0.269 e. The normalized spacial score (nSPS) is 12.1. The molecule has 3 N–H and O–H groups in total. The SMILES string of the molecule is O=C(NC[C@@H](O)CO)c1ccccn1. The number of hydrogen-bond acceptors (Lipinski definition) is 4. The first kappa shape index (κ1) is 10.6. The van der Waals surface area contributed by atoms with Crippen molar-refractivity contribution in [2.75, 3.05) is 13.2 Å². The summed E-state index contributed by atoms with van der Waals surface area (Å²) in [5.41, 5.74) is 0.289. The Morgan fingerprint density at radius 1 is 1.57 bits per heavy atom. The van der Waals surface area contributed by atoms with Crippen LogP contribution in [0.5, 0.6) is 0 Å². The van der Waals surface area contributed by atoms with Crippen molar-refractivity contribution in [3.05, 3.63) is 30.1 Å². The molecule has 0 unspecified atom stereocenters. The van der Waals surface area contributed by atoms with Gasteiger partial charge >= 0.3 is 0 Å². The van der Waals surface area contributed by atoms with Crippen molar-refractivity contribution in [1.29, 1.82) is 0 Å². The number of carbonyl (C=O) groups excluding carboxylic acids is 1. The van der Waals surface area contributed by atoms with Crippen molar-refractivity contribution in [1.82, 2.24) is 10.3 Å². The van der Waals surface area contributed by atoms with E-state index in [9.17, 15) is 4.79 Å². The lowest BCUT2D eigenvalue weighted by atomic mass is 10.3. The van der Waals surface area contributed by atoms with Crippen LogP contribution in [0.25, 0.3) is 0 Å². The number of rotatable bonds is 4. The molecule has 1 amide bonds. The second-order valence-corrected chi connectivity index (χ2v) is 2.76. The molecule has 1 aromatic rings. The number of amides is 1. The van der Waals surface area contributed by atoms with Crippen LogP contribution in [0, 0.1) is 0 Å². The van der Waals surface area contributed by atoms with E-state index in [1.165, 1.54) is 6.20 Å². The molecule has 1 atom stereocenters. The maximum atomic E-state index is 11.3. The summed E-state index contributed by atoms with van der Waals surface area (Å²) in [6.45, 7) is -0.353. The van der Waals surface area contributed by atoms with Crippen LogP contribution in [-0.4, -0.2) is 40.4 Å². The van der Waals surface area contributed by atoms with Gasteiger partial charge in [-0.05, 0) is 12.1 Å². The fourth-order valence-corrected chi connectivity index (χ4v) is 0.863. The molecule has 1 heterocycles. The average Bonchev–Trinajstić information content (AvgIpc) is 2.26. The average molecular weight is 196 g/mol. The second-order valence-electron chi connectivity index (χ2n) is 2.76. The van der Waals surface area contributed by atoms with Crippen molar-refractivity contribution < 1.29 is 15.0 Å². The Labute approximate surface area is 81.4 Å². The highest BCUT2D eigenvalue weighted by molar-refractivity contribution is 5.92. The van der Waals surface area contributed by atoms with Crippen LogP contribution in [0.3, 0.4) is 0 Å². The first-order chi connectivity index (χ1) is 6.74. The van der Waals surface area contributed by atoms with Crippen molar-refractivity contribution in [2.24, 2.45) is 0 Å². The summed E-state index contributed by atoms with van der Waals surface area (Å²) in [5, 5.41) is 19.9. The Kier molecular flexibility index (Phi) is 4.03. The molecule has 0 aliphatic rings. The van der Waals surface area contributed by atoms with Crippen LogP contribution in [-0.2, 0) is 0 Å². The van der Waals surface area contributed by atoms with E-state index in [1.54, 1.807) is 18.2 Å². The van der Waals surface area contributed by atoms with Gasteiger partial charge in [-0.25, -0.2) is 0 Å². The number of aliphatic hydroxyl groups is 2. The number of nitrogens with one attached hydrogen (secondary N) is 1. The van der Waals surface area contributed by atoms with Gasteiger partial charge in [0, 0.05) is 12.7 Å². The second kappa shape index (κ2) is 5.31. The van der Waals surface area contributed by atoms with Crippen LogP contribution in [0.15, 0.2) is 24.4 Å². The van der Waals surface area contributed by atoms with Crippen molar-refractivity contribution in [3.8, 4) is 0 Å². The van der Waals surface area contributed by atoms with Crippen LogP contribution in [0.4, 0.5) is 0 Å². The summed E-state index contributed by atoms with van der Waals surface area (Å²) in [6, 6.07) is 4.98. The van der Waals surface area contributed by atoms with Gasteiger partial charge in [0.2, 0.25) is 0 Å². The molecule has 0 radical (unpaired) electrons. The van der Waals surface area contributed by atoms with Crippen molar-refractivity contribution in [2.45, 2.75) is 6.10 Å². The van der Waals surface area contributed by atoms with Gasteiger partial charge in [0.1, 0.15) is 5.69 Å². The van der Waals surface area contributed by atoms with Gasteiger partial charge in [-0.15, -0.1) is 0 Å². The predicted molar refractivity (Wildman–Crippen MR) is 49.7 cm³/mol. The van der Waals surface area contributed by atoms with Gasteiger partial charge < -0.3 is 15.5 Å². The third-order valence-electron chi connectivity index (χ3n) is 1.61. The lowest BCUT2D eigenvalue weighted by Crippen LogP contribution is -2.34. The molecule has 0 aromatic carbocycles. The molecule has 1 rings (SSSR count). The Balaban J connectivity index is 2.44. The molecule has 5 nitrogen and oxygen atoms in total. The lowest BCUT2D eigenvalue weighted by Gasteiger charge is -2.07. The van der Waals surface area contributed by atoms with E-state index in [-0.39, 0.29) is 24.8 Å². The van der Waals surface area contributed by atoms with Gasteiger partial charge in [0.15, 0.2) is 0 Å². The van der Waals surface area contributed by atoms with E-state index in [4.69, 9.17) is 10.2 Å². The van der Waals surface area contributed by atoms with Gasteiger partial charge in [-0.1, -0.05) is 6.07 Å². The van der Waals surface area contributed by atoms with Crippen LogP contribution < -0.4 is 5.32 Å². The zero-order valence-corrected chi connectivity index (χ0v) is 7.55. The zero-order valence-electron chi connectivity index (χ0n) is 7.55. The fraction of sp³-hybridized carbons (Fsp3) is 0.333. The Morgan fingerprint density at radius 3 is 2.93 bits per heavy atom. The highest BCUT2D eigenvalue weighted by Crippen LogP contribution is 1.92. The van der Waals surface area contributed by atoms with Crippen LogP contribution >= 0.6 is 0 Å². The van der Waals surface area contributed by atoms with Gasteiger partial charge in [-0.2, -0.15) is 0 Å². The van der Waals surface area contributed by atoms with E-state index in [0.29, 0.717) is 0 Å². The molecule has 0 saturated heterocycles. The largest absolute Gasteiger partial charge is 0.394 e. The van der Waals surface area contributed by atoms with Crippen LogP contribution in [0.1, 0.15) is 10.5 Å². The van der Waals surface area contributed by atoms with E-state index >= 15 is 0 Å². The minimum atomic E-state index is -0.928. The van der Waals surface area contributed by atoms with Crippen LogP contribution in [0.2, 0.25) is 0 Å². The summed E-state index contributed by atoms with van der Waals surface area (Å²) < 4.78 is 0. The molecule has 0 bridgehead atoms. The Bertz CT molecular complexity index is 289. The minimum Gasteiger partial charge on any atom is -0.394 e. The highest BCUT2D eigenvalue weighted by Gasteiger charge is 2.07. The first-order valence-corrected chi connectivity index (χ1v) is 4.22. The van der Waals surface area contributed by atoms with E-state index in [1.807, 2.05) is 0 Å². The molecule has 0 fully saturated rings. The van der Waals surface area contributed by atoms with Crippen molar-refractivity contribution >= 4 is 5.91 Å². The summed E-state index contributed by atoms with van der Waals surface area (Å²) in [6.07, 6.45) is 0.583. The third-order valence-corrected chi connectivity index (χ3v) is 1.61. The molecule has 14 heavy (non-hydrogen) atoms. The van der Waals surface area contributed by atoms with Gasteiger partial charge in [-0.3, -0.25) is 9.78 Å². The number of aromatic nitrogens is 1. The summed E-state index contributed by atoms with van der Waals surface area (Å²) in [4.78, 5) is 15.1. The molecule has 5 heteroatoms. The number of nitrogens with zero attached hydrogens (tertiary/aromatic N) is 1. The molecule has 1 aromatic heterocycles. The molecule has 0 aliphatic heterocycles.